The molecule has 0 radical (unpaired) electrons. The van der Waals surface area contributed by atoms with Gasteiger partial charge < -0.3 is 10.4 Å². The molecule has 4 heteroatoms. The number of halogens is 1. The Labute approximate surface area is 120 Å². The summed E-state index contributed by atoms with van der Waals surface area (Å²) in [6, 6.07) is 5.80. The third-order valence-electron chi connectivity index (χ3n) is 1.72. The second-order valence-electron chi connectivity index (χ2n) is 2.51. The number of benzene rings is 1. The molecular formula is C9H11FKNO. The van der Waals surface area contributed by atoms with Gasteiger partial charge in [-0.05, 0) is 12.1 Å². The number of aliphatic hydroxyl groups is 1. The van der Waals surface area contributed by atoms with Gasteiger partial charge in [0.05, 0.1) is 0 Å². The second-order valence-corrected chi connectivity index (χ2v) is 2.51. The van der Waals surface area contributed by atoms with Gasteiger partial charge in [-0.3, -0.25) is 0 Å². The van der Waals surface area contributed by atoms with Crippen molar-refractivity contribution in [3.05, 3.63) is 41.0 Å². The minimum Gasteiger partial charge on any atom is -0.657 e. The van der Waals surface area contributed by atoms with Crippen molar-refractivity contribution < 1.29 is 60.9 Å². The number of hydrogen-bond donors (Lipinski definition) is 1. The molecular weight excluding hydrogens is 196 g/mol. The number of aliphatic hydroxyl groups excluding tert-OH is 1. The van der Waals surface area contributed by atoms with Crippen LogP contribution in [-0.2, 0) is 0 Å². The van der Waals surface area contributed by atoms with E-state index in [1.807, 2.05) is 0 Å². The van der Waals surface area contributed by atoms with Crippen LogP contribution >= 0.6 is 0 Å². The van der Waals surface area contributed by atoms with E-state index in [-0.39, 0.29) is 69.9 Å². The van der Waals surface area contributed by atoms with E-state index in [1.54, 1.807) is 19.2 Å². The van der Waals surface area contributed by atoms with Crippen LogP contribution in [0.5, 0.6) is 0 Å². The van der Waals surface area contributed by atoms with E-state index in [1.165, 1.54) is 12.1 Å². The van der Waals surface area contributed by atoms with Gasteiger partial charge in [0.1, 0.15) is 5.82 Å². The topological polar surface area (TPSA) is 34.3 Å². The molecule has 0 aromatic heterocycles. The Bertz CT molecular complexity index is 253. The van der Waals surface area contributed by atoms with E-state index >= 15 is 0 Å². The Kier molecular flexibility index (Phi) is 7.44. The maximum Gasteiger partial charge on any atom is 1.00 e. The minimum atomic E-state index is -0.305. The van der Waals surface area contributed by atoms with E-state index in [9.17, 15) is 4.39 Å². The molecule has 0 amide bonds. The summed E-state index contributed by atoms with van der Waals surface area (Å²) in [5, 5.41) is 12.8. The van der Waals surface area contributed by atoms with Gasteiger partial charge in [-0.2, -0.15) is 7.05 Å². The molecule has 0 saturated heterocycles. The summed E-state index contributed by atoms with van der Waals surface area (Å²) in [7, 11) is 1.60. The summed E-state index contributed by atoms with van der Waals surface area (Å²) in [5.41, 5.74) is 0.708. The molecule has 1 atom stereocenters. The maximum atomic E-state index is 12.7. The Morgan fingerprint density at radius 3 is 2.69 bits per heavy atom. The van der Waals surface area contributed by atoms with Crippen molar-refractivity contribution in [1.29, 1.82) is 0 Å². The van der Waals surface area contributed by atoms with Crippen molar-refractivity contribution in [1.82, 2.24) is 0 Å². The van der Waals surface area contributed by atoms with Gasteiger partial charge >= 0.3 is 51.4 Å². The fourth-order valence-electron chi connectivity index (χ4n) is 1.05. The van der Waals surface area contributed by atoms with Crippen LogP contribution in [0.2, 0.25) is 0 Å². The SMILES string of the molecule is C[N-]C(CO)c1cccc(F)c1.[K+]. The first-order valence-electron chi connectivity index (χ1n) is 3.73. The molecule has 1 rings (SSSR count). The third kappa shape index (κ3) is 4.16. The summed E-state index contributed by atoms with van der Waals surface area (Å²) in [6.45, 7) is -0.0834. The van der Waals surface area contributed by atoms with Crippen LogP contribution in [0, 0.1) is 5.82 Å². The third-order valence-corrected chi connectivity index (χ3v) is 1.72. The average molecular weight is 207 g/mol. The van der Waals surface area contributed by atoms with Crippen molar-refractivity contribution in [2.24, 2.45) is 0 Å². The van der Waals surface area contributed by atoms with Crippen LogP contribution in [-0.4, -0.2) is 18.8 Å². The van der Waals surface area contributed by atoms with Crippen LogP contribution in [0.3, 0.4) is 0 Å². The molecule has 13 heavy (non-hydrogen) atoms. The fourth-order valence-corrected chi connectivity index (χ4v) is 1.05. The molecule has 66 valence electrons. The zero-order chi connectivity index (χ0) is 8.97. The number of nitrogens with zero attached hydrogens (tertiary/aromatic N) is 1. The monoisotopic (exact) mass is 207 g/mol. The van der Waals surface area contributed by atoms with Crippen LogP contribution in [0.1, 0.15) is 11.6 Å². The predicted molar refractivity (Wildman–Crippen MR) is 45.5 cm³/mol. The first kappa shape index (κ1) is 13.7. The first-order valence-corrected chi connectivity index (χ1v) is 3.73. The molecule has 0 aliphatic rings. The molecule has 0 spiro atoms. The van der Waals surface area contributed by atoms with Crippen molar-refractivity contribution in [3.63, 3.8) is 0 Å². The zero-order valence-electron chi connectivity index (χ0n) is 7.87. The van der Waals surface area contributed by atoms with Crippen LogP contribution in [0.25, 0.3) is 5.32 Å². The number of rotatable bonds is 3. The minimum absolute atomic E-state index is 0. The van der Waals surface area contributed by atoms with Crippen LogP contribution in [0.4, 0.5) is 4.39 Å². The molecule has 0 aliphatic heterocycles. The quantitative estimate of drug-likeness (QED) is 0.625. The summed E-state index contributed by atoms with van der Waals surface area (Å²) in [4.78, 5) is 0. The Balaban J connectivity index is 0.00000144. The van der Waals surface area contributed by atoms with Crippen molar-refractivity contribution in [2.45, 2.75) is 6.04 Å². The normalized spacial score (nSPS) is 11.9. The number of hydrogen-bond acceptors (Lipinski definition) is 1. The van der Waals surface area contributed by atoms with E-state index in [2.05, 4.69) is 5.32 Å². The molecule has 1 N–H and O–H groups in total. The van der Waals surface area contributed by atoms with Gasteiger partial charge in [-0.15, -0.1) is 0 Å². The van der Waals surface area contributed by atoms with E-state index < -0.39 is 0 Å². The van der Waals surface area contributed by atoms with Gasteiger partial charge in [-0.1, -0.05) is 23.7 Å². The molecule has 0 aliphatic carbocycles. The van der Waals surface area contributed by atoms with Crippen molar-refractivity contribution in [2.75, 3.05) is 13.7 Å². The zero-order valence-corrected chi connectivity index (χ0v) is 11.0. The average Bonchev–Trinajstić information content (AvgIpc) is 2.07. The molecule has 0 heterocycles. The van der Waals surface area contributed by atoms with Crippen molar-refractivity contribution >= 4 is 0 Å². The molecule has 1 aromatic rings. The Morgan fingerprint density at radius 1 is 1.54 bits per heavy atom. The van der Waals surface area contributed by atoms with Crippen LogP contribution < -0.4 is 51.4 Å². The molecule has 2 nitrogen and oxygen atoms in total. The Hall–Kier alpha value is 0.706. The summed E-state index contributed by atoms with van der Waals surface area (Å²) in [5.74, 6) is -0.297. The van der Waals surface area contributed by atoms with Gasteiger partial charge in [0.15, 0.2) is 0 Å². The molecule has 0 bridgehead atoms. The molecule has 1 unspecified atom stereocenters. The first-order chi connectivity index (χ1) is 5.77. The largest absolute Gasteiger partial charge is 1.00 e. The van der Waals surface area contributed by atoms with E-state index in [4.69, 9.17) is 5.11 Å². The molecule has 0 saturated carbocycles. The van der Waals surface area contributed by atoms with Gasteiger partial charge in [0.25, 0.3) is 0 Å². The number of likely N-dealkylation sites (N-methyl/N-ethyl adjacent to an activating group) is 1. The van der Waals surface area contributed by atoms with Crippen molar-refractivity contribution in [3.8, 4) is 0 Å². The second kappa shape index (κ2) is 7.06. The summed E-state index contributed by atoms with van der Waals surface area (Å²) >= 11 is 0. The van der Waals surface area contributed by atoms with E-state index in [0.717, 1.165) is 0 Å². The molecule has 0 fully saturated rings. The predicted octanol–water partition coefficient (Wildman–Crippen LogP) is -1.13. The van der Waals surface area contributed by atoms with Crippen LogP contribution in [0.15, 0.2) is 24.3 Å². The summed E-state index contributed by atoms with van der Waals surface area (Å²) in [6.07, 6.45) is 0. The standard InChI is InChI=1S/C9H11FNO.K/c1-11-9(6-12)7-3-2-4-8(10)5-7;/h2-5,9,12H,6H2,1H3;/q-1;+1. The van der Waals surface area contributed by atoms with Gasteiger partial charge in [-0.25, -0.2) is 4.39 Å². The maximum absolute atomic E-state index is 12.7. The van der Waals surface area contributed by atoms with Gasteiger partial charge in [0.2, 0.25) is 0 Å². The molecule has 1 aromatic carbocycles. The Morgan fingerprint density at radius 2 is 2.23 bits per heavy atom. The fraction of sp³-hybridized carbons (Fsp3) is 0.333. The summed E-state index contributed by atoms with van der Waals surface area (Å²) < 4.78 is 12.7. The van der Waals surface area contributed by atoms with E-state index in [0.29, 0.717) is 5.56 Å². The van der Waals surface area contributed by atoms with Gasteiger partial charge in [0, 0.05) is 6.61 Å². The smallest absolute Gasteiger partial charge is 0.657 e.